The van der Waals surface area contributed by atoms with Gasteiger partial charge in [0.25, 0.3) is 0 Å². The van der Waals surface area contributed by atoms with Crippen molar-refractivity contribution in [3.05, 3.63) is 54.1 Å². The lowest BCUT2D eigenvalue weighted by molar-refractivity contribution is 0.152. The number of nitrogens with one attached hydrogen (secondary N) is 2. The molecule has 8 heteroatoms. The summed E-state index contributed by atoms with van der Waals surface area (Å²) in [7, 11) is 0. The van der Waals surface area contributed by atoms with Crippen LogP contribution in [0.1, 0.15) is 19.4 Å². The van der Waals surface area contributed by atoms with Gasteiger partial charge in [-0.05, 0) is 43.7 Å². The lowest BCUT2D eigenvalue weighted by Crippen LogP contribution is -2.39. The summed E-state index contributed by atoms with van der Waals surface area (Å²) in [5, 5.41) is 6.32. The van der Waals surface area contributed by atoms with E-state index in [1.807, 2.05) is 13.8 Å². The van der Waals surface area contributed by atoms with Gasteiger partial charge in [0.1, 0.15) is 5.75 Å². The Morgan fingerprint density at radius 3 is 2.74 bits per heavy atom. The van der Waals surface area contributed by atoms with Gasteiger partial charge in [0.2, 0.25) is 0 Å². The fourth-order valence-corrected chi connectivity index (χ4v) is 2.16. The maximum absolute atomic E-state index is 14.3. The van der Waals surface area contributed by atoms with Crippen LogP contribution in [-0.4, -0.2) is 37.2 Å². The Bertz CT molecular complexity index is 701. The summed E-state index contributed by atoms with van der Waals surface area (Å²) in [6, 6.07) is 8.28. The molecule has 0 amide bonds. The number of aliphatic imine (C=N–C) groups is 1. The van der Waals surface area contributed by atoms with Crippen LogP contribution < -0.4 is 15.4 Å². The van der Waals surface area contributed by atoms with E-state index in [0.717, 1.165) is 12.1 Å². The van der Waals surface area contributed by atoms with E-state index in [9.17, 15) is 4.39 Å². The lowest BCUT2D eigenvalue weighted by atomic mass is 10.2. The minimum Gasteiger partial charge on any atom is -0.453 e. The number of rotatable bonds is 9. The zero-order valence-electron chi connectivity index (χ0n) is 15.6. The summed E-state index contributed by atoms with van der Waals surface area (Å²) in [5.74, 6) is 0.886. The number of ether oxygens (including phenoxy) is 2. The van der Waals surface area contributed by atoms with Crippen LogP contribution >= 0.6 is 24.0 Å². The number of nitrogens with zero attached hydrogens (tertiary/aromatic N) is 2. The van der Waals surface area contributed by atoms with Gasteiger partial charge >= 0.3 is 0 Å². The van der Waals surface area contributed by atoms with Crippen LogP contribution in [0.2, 0.25) is 0 Å². The summed E-state index contributed by atoms with van der Waals surface area (Å²) >= 11 is 0. The fourth-order valence-electron chi connectivity index (χ4n) is 2.16. The standard InChI is InChI=1S/C19H25FN4O2.HI/c1-3-22-19(23-10-11-25-4-2)24-13-15-7-8-18(17(20)12-15)26-16-6-5-9-21-14-16;/h5-9,12,14H,3-4,10-11,13H2,1-2H3,(H2,22,23,24);1H. The highest BCUT2D eigenvalue weighted by molar-refractivity contribution is 14.0. The van der Waals surface area contributed by atoms with Gasteiger partial charge in [-0.2, -0.15) is 0 Å². The van der Waals surface area contributed by atoms with Gasteiger partial charge in [0, 0.05) is 25.9 Å². The molecule has 0 aliphatic rings. The van der Waals surface area contributed by atoms with E-state index >= 15 is 0 Å². The molecule has 1 heterocycles. The monoisotopic (exact) mass is 488 g/mol. The molecule has 2 rings (SSSR count). The highest BCUT2D eigenvalue weighted by Gasteiger charge is 2.06. The molecule has 1 aromatic heterocycles. The third-order valence-electron chi connectivity index (χ3n) is 3.37. The van der Waals surface area contributed by atoms with Gasteiger partial charge in [-0.25, -0.2) is 9.38 Å². The van der Waals surface area contributed by atoms with Gasteiger partial charge in [-0.3, -0.25) is 4.98 Å². The molecule has 6 nitrogen and oxygen atoms in total. The van der Waals surface area contributed by atoms with Gasteiger partial charge in [-0.1, -0.05) is 6.07 Å². The zero-order chi connectivity index (χ0) is 18.6. The predicted molar refractivity (Wildman–Crippen MR) is 115 cm³/mol. The second kappa shape index (κ2) is 13.3. The molecule has 0 saturated carbocycles. The van der Waals surface area contributed by atoms with E-state index in [2.05, 4.69) is 20.6 Å². The second-order valence-corrected chi connectivity index (χ2v) is 5.37. The Hall–Kier alpha value is -1.94. The van der Waals surface area contributed by atoms with Gasteiger partial charge < -0.3 is 20.1 Å². The SMILES string of the molecule is CCNC(=NCc1ccc(Oc2cccnc2)c(F)c1)NCCOCC.I. The van der Waals surface area contributed by atoms with Gasteiger partial charge in [0.05, 0.1) is 19.3 Å². The molecule has 27 heavy (non-hydrogen) atoms. The fraction of sp³-hybridized carbons (Fsp3) is 0.368. The zero-order valence-corrected chi connectivity index (χ0v) is 17.9. The molecule has 0 aliphatic carbocycles. The van der Waals surface area contributed by atoms with Gasteiger partial charge in [-0.15, -0.1) is 24.0 Å². The summed E-state index contributed by atoms with van der Waals surface area (Å²) in [6.45, 7) is 6.99. The van der Waals surface area contributed by atoms with Crippen LogP contribution in [0.4, 0.5) is 4.39 Å². The summed E-state index contributed by atoms with van der Waals surface area (Å²) in [5.41, 5.74) is 0.753. The highest BCUT2D eigenvalue weighted by atomic mass is 127. The minimum absolute atomic E-state index is 0. The molecule has 2 N–H and O–H groups in total. The Morgan fingerprint density at radius 1 is 1.22 bits per heavy atom. The first-order chi connectivity index (χ1) is 12.7. The maximum Gasteiger partial charge on any atom is 0.191 e. The highest BCUT2D eigenvalue weighted by Crippen LogP contribution is 2.24. The first-order valence-electron chi connectivity index (χ1n) is 8.69. The third-order valence-corrected chi connectivity index (χ3v) is 3.37. The second-order valence-electron chi connectivity index (χ2n) is 5.37. The number of pyridine rings is 1. The van der Waals surface area contributed by atoms with E-state index in [-0.39, 0.29) is 29.7 Å². The molecule has 0 saturated heterocycles. The summed E-state index contributed by atoms with van der Waals surface area (Å²) < 4.78 is 25.0. The number of hydrogen-bond acceptors (Lipinski definition) is 4. The van der Waals surface area contributed by atoms with Crippen LogP contribution in [0.3, 0.4) is 0 Å². The van der Waals surface area contributed by atoms with Crippen molar-refractivity contribution in [2.45, 2.75) is 20.4 Å². The van der Waals surface area contributed by atoms with E-state index in [1.165, 1.54) is 12.3 Å². The largest absolute Gasteiger partial charge is 0.453 e. The van der Waals surface area contributed by atoms with Crippen LogP contribution in [0.5, 0.6) is 11.5 Å². The number of benzene rings is 1. The molecule has 148 valence electrons. The van der Waals surface area contributed by atoms with Crippen molar-refractivity contribution < 1.29 is 13.9 Å². The van der Waals surface area contributed by atoms with Crippen LogP contribution in [0.15, 0.2) is 47.7 Å². The first-order valence-corrected chi connectivity index (χ1v) is 8.69. The van der Waals surface area contributed by atoms with E-state index in [0.29, 0.717) is 38.0 Å². The lowest BCUT2D eigenvalue weighted by Gasteiger charge is -2.11. The Labute approximate surface area is 176 Å². The molecule has 0 aliphatic heterocycles. The predicted octanol–water partition coefficient (Wildman–Crippen LogP) is 3.72. The third kappa shape index (κ3) is 8.53. The molecule has 0 fully saturated rings. The molecule has 2 aromatic rings. The molecular formula is C19H26FIN4O2. The minimum atomic E-state index is -0.434. The van der Waals surface area contributed by atoms with Crippen LogP contribution in [0.25, 0.3) is 0 Å². The van der Waals surface area contributed by atoms with E-state index in [4.69, 9.17) is 9.47 Å². The van der Waals surface area contributed by atoms with Gasteiger partial charge in [0.15, 0.2) is 17.5 Å². The average Bonchev–Trinajstić information content (AvgIpc) is 2.66. The molecule has 1 aromatic carbocycles. The van der Waals surface area contributed by atoms with Crippen molar-refractivity contribution in [3.63, 3.8) is 0 Å². The van der Waals surface area contributed by atoms with Crippen molar-refractivity contribution in [1.29, 1.82) is 0 Å². The Morgan fingerprint density at radius 2 is 2.07 bits per heavy atom. The molecule has 0 atom stereocenters. The Balaban J connectivity index is 0.00000364. The van der Waals surface area contributed by atoms with E-state index in [1.54, 1.807) is 30.5 Å². The number of halogens is 2. The molecule has 0 bridgehead atoms. The normalized spacial score (nSPS) is 10.9. The van der Waals surface area contributed by atoms with Crippen molar-refractivity contribution in [3.8, 4) is 11.5 Å². The molecule has 0 spiro atoms. The first kappa shape index (κ1) is 23.1. The molecule has 0 unspecified atom stereocenters. The maximum atomic E-state index is 14.3. The smallest absolute Gasteiger partial charge is 0.191 e. The summed E-state index contributed by atoms with van der Waals surface area (Å²) in [6.07, 6.45) is 3.17. The number of guanidine groups is 1. The summed E-state index contributed by atoms with van der Waals surface area (Å²) in [4.78, 5) is 8.40. The van der Waals surface area contributed by atoms with Crippen LogP contribution in [0, 0.1) is 5.82 Å². The van der Waals surface area contributed by atoms with Crippen molar-refractivity contribution in [2.24, 2.45) is 4.99 Å². The number of hydrogen-bond donors (Lipinski definition) is 2. The quantitative estimate of drug-likeness (QED) is 0.244. The average molecular weight is 488 g/mol. The molecule has 0 radical (unpaired) electrons. The Kier molecular flexibility index (Phi) is 11.3. The molecular weight excluding hydrogens is 462 g/mol. The topological polar surface area (TPSA) is 67.8 Å². The number of aromatic nitrogens is 1. The van der Waals surface area contributed by atoms with Crippen molar-refractivity contribution >= 4 is 29.9 Å². The van der Waals surface area contributed by atoms with Crippen molar-refractivity contribution in [1.82, 2.24) is 15.6 Å². The van der Waals surface area contributed by atoms with Crippen LogP contribution in [-0.2, 0) is 11.3 Å². The van der Waals surface area contributed by atoms with E-state index < -0.39 is 5.82 Å². The van der Waals surface area contributed by atoms with Crippen molar-refractivity contribution in [2.75, 3.05) is 26.3 Å².